The SMILES string of the molecule is Cc1ccc2c(c1)[C@@H]1OCCC[C@@H]1[C@H](c1ccc(C(=O)O)cc1C)N2. The fourth-order valence-electron chi connectivity index (χ4n) is 4.26. The number of carbonyl (C=O) groups is 1. The lowest BCUT2D eigenvalue weighted by molar-refractivity contribution is -0.0382. The summed E-state index contributed by atoms with van der Waals surface area (Å²) in [6.45, 7) is 4.91. The number of carboxylic acids is 1. The molecule has 2 aromatic carbocycles. The molecule has 1 saturated heterocycles. The molecule has 2 N–H and O–H groups in total. The highest BCUT2D eigenvalue weighted by Gasteiger charge is 2.40. The zero-order chi connectivity index (χ0) is 17.6. The molecule has 3 atom stereocenters. The molecule has 2 aliphatic heterocycles. The van der Waals surface area contributed by atoms with Gasteiger partial charge in [0, 0.05) is 23.8 Å². The molecule has 0 unspecified atom stereocenters. The van der Waals surface area contributed by atoms with Crippen molar-refractivity contribution in [2.45, 2.75) is 38.8 Å². The molecule has 2 aliphatic rings. The molecule has 4 nitrogen and oxygen atoms in total. The molecule has 0 radical (unpaired) electrons. The molecule has 2 aromatic rings. The van der Waals surface area contributed by atoms with Gasteiger partial charge in [0.2, 0.25) is 0 Å². The zero-order valence-electron chi connectivity index (χ0n) is 14.6. The van der Waals surface area contributed by atoms with Crippen LogP contribution in [0.25, 0.3) is 0 Å². The molecule has 4 heteroatoms. The first-order valence-corrected chi connectivity index (χ1v) is 8.87. The third-order valence-electron chi connectivity index (χ3n) is 5.47. The van der Waals surface area contributed by atoms with Crippen molar-refractivity contribution in [3.8, 4) is 0 Å². The molecule has 0 aliphatic carbocycles. The summed E-state index contributed by atoms with van der Waals surface area (Å²) >= 11 is 0. The minimum atomic E-state index is -0.883. The zero-order valence-corrected chi connectivity index (χ0v) is 14.6. The van der Waals surface area contributed by atoms with Gasteiger partial charge < -0.3 is 15.2 Å². The van der Waals surface area contributed by atoms with Crippen molar-refractivity contribution in [1.82, 2.24) is 0 Å². The smallest absolute Gasteiger partial charge is 0.335 e. The Morgan fingerprint density at radius 1 is 1.16 bits per heavy atom. The van der Waals surface area contributed by atoms with E-state index in [2.05, 4.69) is 30.4 Å². The molecule has 0 saturated carbocycles. The van der Waals surface area contributed by atoms with Gasteiger partial charge in [-0.25, -0.2) is 4.79 Å². The molecule has 0 amide bonds. The maximum absolute atomic E-state index is 11.2. The molecule has 25 heavy (non-hydrogen) atoms. The first-order chi connectivity index (χ1) is 12.0. The number of aryl methyl sites for hydroxylation is 2. The monoisotopic (exact) mass is 337 g/mol. The van der Waals surface area contributed by atoms with E-state index in [-0.39, 0.29) is 12.1 Å². The van der Waals surface area contributed by atoms with Crippen LogP contribution in [-0.2, 0) is 4.74 Å². The van der Waals surface area contributed by atoms with Crippen molar-refractivity contribution in [2.75, 3.05) is 11.9 Å². The predicted molar refractivity (Wildman–Crippen MR) is 97.1 cm³/mol. The number of fused-ring (bicyclic) bond motifs is 3. The fraction of sp³-hybridized carbons (Fsp3) is 0.381. The van der Waals surface area contributed by atoms with Gasteiger partial charge in [-0.05, 0) is 56.0 Å². The lowest BCUT2D eigenvalue weighted by Crippen LogP contribution is -2.36. The van der Waals surface area contributed by atoms with Crippen molar-refractivity contribution in [1.29, 1.82) is 0 Å². The second-order valence-electron chi connectivity index (χ2n) is 7.19. The molecule has 0 bridgehead atoms. The van der Waals surface area contributed by atoms with Gasteiger partial charge in [-0.15, -0.1) is 0 Å². The number of rotatable bonds is 2. The van der Waals surface area contributed by atoms with E-state index in [0.717, 1.165) is 36.3 Å². The van der Waals surface area contributed by atoms with Gasteiger partial charge >= 0.3 is 5.97 Å². The van der Waals surface area contributed by atoms with Gasteiger partial charge in [-0.2, -0.15) is 0 Å². The normalized spacial score (nSPS) is 24.8. The average Bonchev–Trinajstić information content (AvgIpc) is 2.61. The van der Waals surface area contributed by atoms with Gasteiger partial charge in [0.15, 0.2) is 0 Å². The number of aromatic carboxylic acids is 1. The molecule has 4 rings (SSSR count). The van der Waals surface area contributed by atoms with Crippen LogP contribution < -0.4 is 5.32 Å². The maximum atomic E-state index is 11.2. The summed E-state index contributed by atoms with van der Waals surface area (Å²) in [4.78, 5) is 11.2. The minimum Gasteiger partial charge on any atom is -0.478 e. The summed E-state index contributed by atoms with van der Waals surface area (Å²) in [5.74, 6) is -0.525. The Morgan fingerprint density at radius 3 is 2.76 bits per heavy atom. The van der Waals surface area contributed by atoms with Crippen LogP contribution in [0.1, 0.15) is 57.6 Å². The first kappa shape index (κ1) is 16.2. The molecule has 130 valence electrons. The maximum Gasteiger partial charge on any atom is 0.335 e. The Balaban J connectivity index is 1.77. The van der Waals surface area contributed by atoms with Crippen LogP contribution in [0, 0.1) is 19.8 Å². The topological polar surface area (TPSA) is 58.6 Å². The van der Waals surface area contributed by atoms with Crippen LogP contribution in [0.2, 0.25) is 0 Å². The van der Waals surface area contributed by atoms with E-state index in [4.69, 9.17) is 4.74 Å². The second-order valence-corrected chi connectivity index (χ2v) is 7.19. The van der Waals surface area contributed by atoms with Crippen LogP contribution in [0.5, 0.6) is 0 Å². The number of hydrogen-bond acceptors (Lipinski definition) is 3. The quantitative estimate of drug-likeness (QED) is 0.838. The van der Waals surface area contributed by atoms with E-state index in [9.17, 15) is 9.90 Å². The number of benzene rings is 2. The first-order valence-electron chi connectivity index (χ1n) is 8.87. The summed E-state index contributed by atoms with van der Waals surface area (Å²) < 4.78 is 6.18. The van der Waals surface area contributed by atoms with Gasteiger partial charge in [0.25, 0.3) is 0 Å². The Hall–Kier alpha value is -2.33. The van der Waals surface area contributed by atoms with E-state index in [1.807, 2.05) is 13.0 Å². The fourth-order valence-corrected chi connectivity index (χ4v) is 4.26. The van der Waals surface area contributed by atoms with Crippen molar-refractivity contribution in [3.63, 3.8) is 0 Å². The van der Waals surface area contributed by atoms with Crippen molar-refractivity contribution >= 4 is 11.7 Å². The number of hydrogen-bond donors (Lipinski definition) is 2. The van der Waals surface area contributed by atoms with Gasteiger partial charge in [0.1, 0.15) is 0 Å². The molecule has 0 aromatic heterocycles. The predicted octanol–water partition coefficient (Wildman–Crippen LogP) is 4.64. The third-order valence-corrected chi connectivity index (χ3v) is 5.47. The number of anilines is 1. The Labute approximate surface area is 147 Å². The van der Waals surface area contributed by atoms with Crippen LogP contribution in [0.4, 0.5) is 5.69 Å². The van der Waals surface area contributed by atoms with Crippen LogP contribution in [0.3, 0.4) is 0 Å². The van der Waals surface area contributed by atoms with Gasteiger partial charge in [-0.1, -0.05) is 23.8 Å². The van der Waals surface area contributed by atoms with Crippen LogP contribution in [-0.4, -0.2) is 17.7 Å². The van der Waals surface area contributed by atoms with E-state index in [0.29, 0.717) is 11.5 Å². The van der Waals surface area contributed by atoms with Crippen molar-refractivity contribution in [2.24, 2.45) is 5.92 Å². The summed E-state index contributed by atoms with van der Waals surface area (Å²) in [5, 5.41) is 12.9. The van der Waals surface area contributed by atoms with Crippen LogP contribution in [0.15, 0.2) is 36.4 Å². The van der Waals surface area contributed by atoms with Crippen molar-refractivity contribution in [3.05, 3.63) is 64.2 Å². The highest BCUT2D eigenvalue weighted by Crippen LogP contribution is 2.49. The Bertz CT molecular complexity index is 830. The average molecular weight is 337 g/mol. The lowest BCUT2D eigenvalue weighted by Gasteiger charge is -2.44. The highest BCUT2D eigenvalue weighted by molar-refractivity contribution is 5.88. The molecule has 1 fully saturated rings. The molecule has 0 spiro atoms. The Kier molecular flexibility index (Phi) is 4.00. The summed E-state index contributed by atoms with van der Waals surface area (Å²) in [5.41, 5.74) is 6.13. The second kappa shape index (κ2) is 6.19. The largest absolute Gasteiger partial charge is 0.478 e. The van der Waals surface area contributed by atoms with Gasteiger partial charge in [0.05, 0.1) is 17.7 Å². The van der Waals surface area contributed by atoms with Crippen molar-refractivity contribution < 1.29 is 14.6 Å². The lowest BCUT2D eigenvalue weighted by atomic mass is 9.76. The number of carboxylic acid groups (broad SMARTS) is 1. The summed E-state index contributed by atoms with van der Waals surface area (Å²) in [7, 11) is 0. The molecule has 2 heterocycles. The minimum absolute atomic E-state index is 0.105. The highest BCUT2D eigenvalue weighted by atomic mass is 16.5. The van der Waals surface area contributed by atoms with Crippen LogP contribution >= 0.6 is 0 Å². The van der Waals surface area contributed by atoms with E-state index < -0.39 is 5.97 Å². The van der Waals surface area contributed by atoms with E-state index in [1.54, 1.807) is 12.1 Å². The molecular weight excluding hydrogens is 314 g/mol. The van der Waals surface area contributed by atoms with E-state index in [1.165, 1.54) is 11.1 Å². The number of nitrogens with one attached hydrogen (secondary N) is 1. The Morgan fingerprint density at radius 2 is 2.00 bits per heavy atom. The summed E-state index contributed by atoms with van der Waals surface area (Å²) in [6, 6.07) is 12.0. The third kappa shape index (κ3) is 2.81. The van der Waals surface area contributed by atoms with Gasteiger partial charge in [-0.3, -0.25) is 0 Å². The summed E-state index contributed by atoms with van der Waals surface area (Å²) in [6.07, 6.45) is 2.27. The molecular formula is C21H23NO3. The van der Waals surface area contributed by atoms with E-state index >= 15 is 0 Å². The standard InChI is InChI=1S/C21H23NO3/c1-12-5-8-18-17(10-12)20-16(4-3-9-25-20)19(22-18)15-7-6-14(21(23)24)11-13(15)2/h5-8,10-11,16,19-20,22H,3-4,9H2,1-2H3,(H,23,24)/t16-,19+,20-/m1/s1. The number of ether oxygens (including phenoxy) is 1.